The van der Waals surface area contributed by atoms with Gasteiger partial charge in [-0.05, 0) is 61.4 Å². The van der Waals surface area contributed by atoms with Crippen LogP contribution in [0.25, 0.3) is 6.08 Å². The number of thioether (sulfide) groups is 1. The van der Waals surface area contributed by atoms with E-state index in [-0.39, 0.29) is 11.0 Å². The Morgan fingerprint density at radius 1 is 1.18 bits per heavy atom. The van der Waals surface area contributed by atoms with Gasteiger partial charge >= 0.3 is 5.97 Å². The molecule has 1 aliphatic heterocycles. The highest BCUT2D eigenvalue weighted by Crippen LogP contribution is 2.37. The number of esters is 1. The third-order valence-corrected chi connectivity index (χ3v) is 5.70. The number of nitrogens with zero attached hydrogens (tertiary/aromatic N) is 1. The van der Waals surface area contributed by atoms with Crippen molar-refractivity contribution in [2.45, 2.75) is 33.0 Å². The molecule has 1 fully saturated rings. The van der Waals surface area contributed by atoms with Gasteiger partial charge < -0.3 is 14.2 Å². The number of benzene rings is 2. The number of hydrogen-bond donors (Lipinski definition) is 0. The number of carbonyl (C=O) groups excluding carboxylic acids is 3. The van der Waals surface area contributed by atoms with Crippen LogP contribution in [0.5, 0.6) is 11.5 Å². The molecule has 1 heterocycles. The van der Waals surface area contributed by atoms with E-state index in [1.807, 2.05) is 36.4 Å². The van der Waals surface area contributed by atoms with Gasteiger partial charge in [0.05, 0.1) is 18.1 Å². The van der Waals surface area contributed by atoms with Crippen LogP contribution in [-0.2, 0) is 27.4 Å². The van der Waals surface area contributed by atoms with Crippen molar-refractivity contribution in [1.29, 1.82) is 0 Å². The first-order chi connectivity index (χ1) is 16.3. The Bertz CT molecular complexity index is 1110. The second-order valence-corrected chi connectivity index (χ2v) is 8.78. The molecule has 0 aromatic heterocycles. The predicted molar refractivity (Wildman–Crippen MR) is 132 cm³/mol. The topological polar surface area (TPSA) is 82.1 Å². The lowest BCUT2D eigenvalue weighted by Gasteiger charge is -2.16. The summed E-state index contributed by atoms with van der Waals surface area (Å²) < 4.78 is 16.7. The van der Waals surface area contributed by atoms with Gasteiger partial charge in [0.15, 0.2) is 11.5 Å². The fraction of sp³-hybridized carbons (Fsp3) is 0.269. The lowest BCUT2D eigenvalue weighted by molar-refractivity contribution is -0.149. The fourth-order valence-electron chi connectivity index (χ4n) is 3.34. The van der Waals surface area contributed by atoms with E-state index >= 15 is 0 Å². The van der Waals surface area contributed by atoms with Crippen LogP contribution in [0.15, 0.2) is 60.0 Å². The van der Waals surface area contributed by atoms with Gasteiger partial charge in [0.1, 0.15) is 13.2 Å². The summed E-state index contributed by atoms with van der Waals surface area (Å²) in [6, 6.07) is 13.4. The summed E-state index contributed by atoms with van der Waals surface area (Å²) in [6.07, 6.45) is 3.54. The molecule has 2 aromatic rings. The number of rotatable bonds is 10. The zero-order valence-electron chi connectivity index (χ0n) is 19.4. The maximum Gasteiger partial charge on any atom is 0.326 e. The van der Waals surface area contributed by atoms with Crippen LogP contribution < -0.4 is 9.47 Å². The van der Waals surface area contributed by atoms with Crippen LogP contribution >= 0.6 is 11.8 Å². The standard InChI is InChI=1S/C26H27NO6S/c1-5-9-20-12-19(13-21(31-4)24(20)32-16-18-10-7-6-8-11-18)14-22-25(29)27(26(30)34-22)15-23(28)33-17(2)3/h5-8,10-14,17H,1,9,15-16H2,2-4H3/b22-14+. The summed E-state index contributed by atoms with van der Waals surface area (Å²) in [4.78, 5) is 38.1. The third-order valence-electron chi connectivity index (χ3n) is 4.79. The molecule has 0 N–H and O–H groups in total. The average Bonchev–Trinajstić information content (AvgIpc) is 3.05. The predicted octanol–water partition coefficient (Wildman–Crippen LogP) is 4.99. The molecule has 0 saturated carbocycles. The summed E-state index contributed by atoms with van der Waals surface area (Å²) in [5.74, 6) is -0.0769. The molecule has 2 amide bonds. The molecular weight excluding hydrogens is 454 g/mol. The fourth-order valence-corrected chi connectivity index (χ4v) is 4.17. The quantitative estimate of drug-likeness (QED) is 0.269. The zero-order chi connectivity index (χ0) is 24.7. The second kappa shape index (κ2) is 11.6. The van der Waals surface area contributed by atoms with Crippen molar-refractivity contribution >= 4 is 35.0 Å². The van der Waals surface area contributed by atoms with E-state index in [1.54, 1.807) is 39.2 Å². The highest BCUT2D eigenvalue weighted by atomic mass is 32.2. The van der Waals surface area contributed by atoms with Crippen molar-refractivity contribution in [1.82, 2.24) is 4.90 Å². The molecule has 0 spiro atoms. The molecule has 0 radical (unpaired) electrons. The van der Waals surface area contributed by atoms with E-state index in [1.165, 1.54) is 0 Å². The Kier molecular flexibility index (Phi) is 8.54. The Morgan fingerprint density at radius 3 is 2.56 bits per heavy atom. The van der Waals surface area contributed by atoms with E-state index in [2.05, 4.69) is 6.58 Å². The summed E-state index contributed by atoms with van der Waals surface area (Å²) in [6.45, 7) is 7.17. The van der Waals surface area contributed by atoms with Gasteiger partial charge in [-0.1, -0.05) is 36.4 Å². The lowest BCUT2D eigenvalue weighted by atomic mass is 10.0. The number of methoxy groups -OCH3 is 1. The van der Waals surface area contributed by atoms with E-state index in [4.69, 9.17) is 14.2 Å². The number of ether oxygens (including phenoxy) is 3. The highest BCUT2D eigenvalue weighted by Gasteiger charge is 2.36. The second-order valence-electron chi connectivity index (χ2n) is 7.78. The Labute approximate surface area is 203 Å². The minimum absolute atomic E-state index is 0.215. The minimum Gasteiger partial charge on any atom is -0.493 e. The molecule has 3 rings (SSSR count). The smallest absolute Gasteiger partial charge is 0.326 e. The van der Waals surface area contributed by atoms with Crippen molar-refractivity contribution in [3.63, 3.8) is 0 Å². The molecule has 0 unspecified atom stereocenters. The number of amides is 2. The normalized spacial score (nSPS) is 14.6. The van der Waals surface area contributed by atoms with Crippen LogP contribution in [0.3, 0.4) is 0 Å². The van der Waals surface area contributed by atoms with Gasteiger partial charge in [-0.25, -0.2) is 0 Å². The van der Waals surface area contributed by atoms with Crippen molar-refractivity contribution < 1.29 is 28.6 Å². The van der Waals surface area contributed by atoms with Crippen LogP contribution in [0, 0.1) is 0 Å². The Hall–Kier alpha value is -3.52. The highest BCUT2D eigenvalue weighted by molar-refractivity contribution is 8.18. The summed E-state index contributed by atoms with van der Waals surface area (Å²) in [7, 11) is 1.54. The molecule has 0 atom stereocenters. The molecular formula is C26H27NO6S. The van der Waals surface area contributed by atoms with Gasteiger partial charge in [0, 0.05) is 5.56 Å². The lowest BCUT2D eigenvalue weighted by Crippen LogP contribution is -2.35. The van der Waals surface area contributed by atoms with Gasteiger partial charge in [0.2, 0.25) is 0 Å². The van der Waals surface area contributed by atoms with Crippen LogP contribution in [-0.4, -0.2) is 41.8 Å². The van der Waals surface area contributed by atoms with E-state index in [0.717, 1.165) is 27.8 Å². The van der Waals surface area contributed by atoms with Gasteiger partial charge in [0.25, 0.3) is 11.1 Å². The number of allylic oxidation sites excluding steroid dienone is 1. The Balaban J connectivity index is 1.85. The molecule has 1 saturated heterocycles. The Morgan fingerprint density at radius 2 is 1.91 bits per heavy atom. The van der Waals surface area contributed by atoms with E-state index in [0.29, 0.717) is 30.1 Å². The van der Waals surface area contributed by atoms with E-state index < -0.39 is 23.7 Å². The molecule has 0 bridgehead atoms. The van der Waals surface area contributed by atoms with Crippen molar-refractivity contribution in [3.05, 3.63) is 76.7 Å². The van der Waals surface area contributed by atoms with E-state index in [9.17, 15) is 14.4 Å². The van der Waals surface area contributed by atoms with Gasteiger partial charge in [-0.15, -0.1) is 6.58 Å². The first kappa shape index (κ1) is 25.1. The van der Waals surface area contributed by atoms with Gasteiger partial charge in [-0.2, -0.15) is 0 Å². The summed E-state index contributed by atoms with van der Waals surface area (Å²) in [5, 5.41) is -0.516. The molecule has 178 valence electrons. The number of carbonyl (C=O) groups is 3. The average molecular weight is 482 g/mol. The molecule has 34 heavy (non-hydrogen) atoms. The summed E-state index contributed by atoms with van der Waals surface area (Å²) in [5.41, 5.74) is 2.51. The number of hydrogen-bond acceptors (Lipinski definition) is 7. The molecule has 0 aliphatic carbocycles. The first-order valence-electron chi connectivity index (χ1n) is 10.8. The van der Waals surface area contributed by atoms with Crippen molar-refractivity contribution in [2.24, 2.45) is 0 Å². The van der Waals surface area contributed by atoms with Crippen LogP contribution in [0.2, 0.25) is 0 Å². The van der Waals surface area contributed by atoms with Crippen molar-refractivity contribution in [2.75, 3.05) is 13.7 Å². The maximum atomic E-state index is 12.8. The van der Waals surface area contributed by atoms with Crippen LogP contribution in [0.4, 0.5) is 4.79 Å². The monoisotopic (exact) mass is 481 g/mol. The zero-order valence-corrected chi connectivity index (χ0v) is 20.2. The number of imide groups is 1. The maximum absolute atomic E-state index is 12.8. The van der Waals surface area contributed by atoms with Crippen LogP contribution in [0.1, 0.15) is 30.5 Å². The third kappa shape index (κ3) is 6.29. The molecule has 7 nitrogen and oxygen atoms in total. The summed E-state index contributed by atoms with van der Waals surface area (Å²) >= 11 is 0.780. The van der Waals surface area contributed by atoms with Gasteiger partial charge in [-0.3, -0.25) is 19.3 Å². The first-order valence-corrected chi connectivity index (χ1v) is 11.6. The minimum atomic E-state index is -0.631. The molecule has 8 heteroatoms. The molecule has 2 aromatic carbocycles. The SMILES string of the molecule is C=CCc1cc(/C=C2/SC(=O)N(CC(=O)OC(C)C)C2=O)cc(OC)c1OCc1ccccc1. The van der Waals surface area contributed by atoms with Crippen molar-refractivity contribution in [3.8, 4) is 11.5 Å². The molecule has 1 aliphatic rings. The largest absolute Gasteiger partial charge is 0.493 e.